The zero-order valence-electron chi connectivity index (χ0n) is 23.6. The molecule has 0 unspecified atom stereocenters. The van der Waals surface area contributed by atoms with E-state index in [2.05, 4.69) is 47.0 Å². The van der Waals surface area contributed by atoms with Gasteiger partial charge >= 0.3 is 13.8 Å². The van der Waals surface area contributed by atoms with Crippen LogP contribution in [0.25, 0.3) is 0 Å². The molecule has 0 saturated heterocycles. The topological polar surface area (TPSA) is 104 Å². The van der Waals surface area contributed by atoms with Crippen LogP contribution in [0.4, 0.5) is 0 Å². The molecule has 0 bridgehead atoms. The molecule has 7 nitrogen and oxygen atoms in total. The van der Waals surface area contributed by atoms with Crippen molar-refractivity contribution in [3.63, 3.8) is 0 Å². The Balaban J connectivity index is 1.62. The molecule has 0 radical (unpaired) electrons. The van der Waals surface area contributed by atoms with Crippen molar-refractivity contribution in [2.75, 3.05) is 52.5 Å². The summed E-state index contributed by atoms with van der Waals surface area (Å²) in [7, 11) is 0. The molecule has 0 spiro atoms. The third-order valence-electron chi connectivity index (χ3n) is 6.60. The van der Waals surface area contributed by atoms with E-state index in [4.69, 9.17) is 25.5 Å². The molecule has 4 aromatic carbocycles. The number of hydrogen-bond donors (Lipinski definition) is 4. The van der Waals surface area contributed by atoms with Crippen LogP contribution in [0.5, 0.6) is 11.5 Å². The second-order valence-electron chi connectivity index (χ2n) is 9.58. The van der Waals surface area contributed by atoms with Crippen LogP contribution in [-0.4, -0.2) is 66.3 Å². The van der Waals surface area contributed by atoms with Crippen LogP contribution >= 0.6 is 0 Å². The quantitative estimate of drug-likeness (QED) is 0.108. The van der Waals surface area contributed by atoms with E-state index in [1.807, 2.05) is 72.8 Å². The molecule has 0 heterocycles. The standard InChI is InChI=1S/C32H40B2N4O3/c35-19-21-37-23-25-39-33(27-11-3-1-4-12-27)29-15-7-9-17-31(29)41-32-18-10-8-16-30(32)34(28-13-5-2-6-14-28)40-26-24-38-22-20-36/h1-18,37-38H,19-26,35-36H2. The van der Waals surface area contributed by atoms with Gasteiger partial charge in [-0.25, -0.2) is 0 Å². The van der Waals surface area contributed by atoms with Gasteiger partial charge in [0, 0.05) is 52.5 Å². The first kappa shape index (κ1) is 30.5. The summed E-state index contributed by atoms with van der Waals surface area (Å²) < 4.78 is 19.6. The maximum Gasteiger partial charge on any atom is 0.365 e. The van der Waals surface area contributed by atoms with E-state index in [0.29, 0.717) is 39.4 Å². The smallest absolute Gasteiger partial charge is 0.365 e. The fourth-order valence-corrected chi connectivity index (χ4v) is 4.64. The lowest BCUT2D eigenvalue weighted by molar-refractivity contribution is 0.328. The lowest BCUT2D eigenvalue weighted by atomic mass is 9.54. The number of hydrogen-bond acceptors (Lipinski definition) is 7. The molecule has 4 rings (SSSR count). The summed E-state index contributed by atoms with van der Waals surface area (Å²) in [5.74, 6) is 1.47. The van der Waals surface area contributed by atoms with Crippen LogP contribution < -0.4 is 48.7 Å². The molecule has 4 aromatic rings. The van der Waals surface area contributed by atoms with Crippen LogP contribution in [0, 0.1) is 0 Å². The lowest BCUT2D eigenvalue weighted by Crippen LogP contribution is -2.47. The number of rotatable bonds is 18. The van der Waals surface area contributed by atoms with E-state index in [1.165, 1.54) is 0 Å². The molecule has 41 heavy (non-hydrogen) atoms. The van der Waals surface area contributed by atoms with Crippen molar-refractivity contribution in [2.45, 2.75) is 0 Å². The highest BCUT2D eigenvalue weighted by Crippen LogP contribution is 2.20. The Morgan fingerprint density at radius 3 is 1.29 bits per heavy atom. The van der Waals surface area contributed by atoms with Gasteiger partial charge in [0.15, 0.2) is 0 Å². The van der Waals surface area contributed by atoms with Crippen LogP contribution in [-0.2, 0) is 9.31 Å². The summed E-state index contributed by atoms with van der Waals surface area (Å²) in [4.78, 5) is 0. The highest BCUT2D eigenvalue weighted by Gasteiger charge is 2.28. The molecule has 0 aromatic heterocycles. The Bertz CT molecular complexity index is 1190. The van der Waals surface area contributed by atoms with E-state index in [-0.39, 0.29) is 13.8 Å². The Kier molecular flexibility index (Phi) is 13.0. The summed E-state index contributed by atoms with van der Waals surface area (Å²) in [6.07, 6.45) is 0. The van der Waals surface area contributed by atoms with Gasteiger partial charge in [0.05, 0.1) is 0 Å². The third-order valence-corrected chi connectivity index (χ3v) is 6.60. The van der Waals surface area contributed by atoms with E-state index in [9.17, 15) is 0 Å². The average molecular weight is 550 g/mol. The van der Waals surface area contributed by atoms with Crippen LogP contribution in [0.1, 0.15) is 0 Å². The van der Waals surface area contributed by atoms with Crippen molar-refractivity contribution in [2.24, 2.45) is 11.5 Å². The molecule has 0 atom stereocenters. The second-order valence-corrected chi connectivity index (χ2v) is 9.58. The molecule has 212 valence electrons. The van der Waals surface area contributed by atoms with Gasteiger partial charge in [0.25, 0.3) is 0 Å². The van der Waals surface area contributed by atoms with E-state index in [0.717, 1.165) is 46.4 Å². The van der Waals surface area contributed by atoms with Crippen molar-refractivity contribution in [3.05, 3.63) is 109 Å². The highest BCUT2D eigenvalue weighted by molar-refractivity contribution is 6.81. The average Bonchev–Trinajstić information content (AvgIpc) is 3.03. The van der Waals surface area contributed by atoms with Gasteiger partial charge < -0.3 is 36.1 Å². The normalized spacial score (nSPS) is 10.9. The fraction of sp³-hybridized carbons (Fsp3) is 0.250. The maximum atomic E-state index is 6.71. The first-order chi connectivity index (χ1) is 20.3. The molecule has 0 aliphatic carbocycles. The molecular formula is C32H40B2N4O3. The molecule has 6 N–H and O–H groups in total. The molecule has 0 aliphatic heterocycles. The van der Waals surface area contributed by atoms with E-state index >= 15 is 0 Å². The predicted molar refractivity (Wildman–Crippen MR) is 172 cm³/mol. The zero-order chi connectivity index (χ0) is 28.5. The summed E-state index contributed by atoms with van der Waals surface area (Å²) in [5, 5.41) is 6.61. The SMILES string of the molecule is NCCNCCOB(c1ccccc1)c1ccccc1Oc1ccccc1B(OCCNCCN)c1ccccc1. The van der Waals surface area contributed by atoms with Gasteiger partial charge in [0.1, 0.15) is 11.5 Å². The van der Waals surface area contributed by atoms with Crippen molar-refractivity contribution < 1.29 is 14.0 Å². The number of ether oxygens (including phenoxy) is 1. The first-order valence-corrected chi connectivity index (χ1v) is 14.3. The number of nitrogens with one attached hydrogen (secondary N) is 2. The van der Waals surface area contributed by atoms with Crippen LogP contribution in [0.15, 0.2) is 109 Å². The number of nitrogens with two attached hydrogens (primary N) is 2. The minimum absolute atomic E-state index is 0.297. The summed E-state index contributed by atoms with van der Waals surface area (Å²) in [5.41, 5.74) is 15.3. The molecule has 0 aliphatic rings. The zero-order valence-corrected chi connectivity index (χ0v) is 23.6. The monoisotopic (exact) mass is 550 g/mol. The van der Waals surface area contributed by atoms with Gasteiger partial charge in [-0.15, -0.1) is 0 Å². The highest BCUT2D eigenvalue weighted by atomic mass is 16.5. The van der Waals surface area contributed by atoms with Gasteiger partial charge in [-0.05, 0) is 34.0 Å². The molecule has 0 amide bonds. The van der Waals surface area contributed by atoms with Crippen molar-refractivity contribution in [1.29, 1.82) is 0 Å². The Morgan fingerprint density at radius 2 is 0.878 bits per heavy atom. The fourth-order valence-electron chi connectivity index (χ4n) is 4.64. The largest absolute Gasteiger partial charge is 0.458 e. The van der Waals surface area contributed by atoms with E-state index < -0.39 is 0 Å². The van der Waals surface area contributed by atoms with E-state index in [1.54, 1.807) is 0 Å². The van der Waals surface area contributed by atoms with Crippen LogP contribution in [0.3, 0.4) is 0 Å². The molecular weight excluding hydrogens is 510 g/mol. The Hall–Kier alpha value is -3.43. The number of para-hydroxylation sites is 2. The predicted octanol–water partition coefficient (Wildman–Crippen LogP) is 0.820. The second kappa shape index (κ2) is 17.4. The van der Waals surface area contributed by atoms with Crippen molar-refractivity contribution >= 4 is 35.7 Å². The number of benzene rings is 4. The van der Waals surface area contributed by atoms with Gasteiger partial charge in [-0.3, -0.25) is 0 Å². The van der Waals surface area contributed by atoms with Gasteiger partial charge in [-0.1, -0.05) is 97.1 Å². The minimum Gasteiger partial charge on any atom is -0.458 e. The third kappa shape index (κ3) is 9.30. The van der Waals surface area contributed by atoms with Crippen LogP contribution in [0.2, 0.25) is 0 Å². The minimum atomic E-state index is -0.297. The summed E-state index contributed by atoms with van der Waals surface area (Å²) in [6.45, 7) is 4.59. The van der Waals surface area contributed by atoms with Gasteiger partial charge in [0.2, 0.25) is 0 Å². The maximum absolute atomic E-state index is 6.71. The Labute approximate surface area is 244 Å². The summed E-state index contributed by atoms with van der Waals surface area (Å²) >= 11 is 0. The summed E-state index contributed by atoms with van der Waals surface area (Å²) in [6, 6.07) is 36.6. The Morgan fingerprint density at radius 1 is 0.488 bits per heavy atom. The molecule has 0 fully saturated rings. The van der Waals surface area contributed by atoms with Crippen molar-refractivity contribution in [1.82, 2.24) is 10.6 Å². The first-order valence-electron chi connectivity index (χ1n) is 14.3. The van der Waals surface area contributed by atoms with Crippen molar-refractivity contribution in [3.8, 4) is 11.5 Å². The van der Waals surface area contributed by atoms with Gasteiger partial charge in [-0.2, -0.15) is 0 Å². The molecule has 0 saturated carbocycles. The molecule has 9 heteroatoms. The lowest BCUT2D eigenvalue weighted by Gasteiger charge is -2.22.